The van der Waals surface area contributed by atoms with Crippen molar-refractivity contribution in [3.63, 3.8) is 0 Å². The minimum atomic E-state index is -0.675. The number of aliphatic hydroxyl groups excluding tert-OH is 1. The van der Waals surface area contributed by atoms with E-state index in [1.165, 1.54) is 32.1 Å². The van der Waals surface area contributed by atoms with Crippen molar-refractivity contribution < 1.29 is 15.0 Å². The number of carbonyl (C=O) groups is 1. The van der Waals surface area contributed by atoms with Crippen LogP contribution in [0.15, 0.2) is 24.3 Å². The van der Waals surface area contributed by atoms with E-state index in [0.717, 1.165) is 43.9 Å². The van der Waals surface area contributed by atoms with Gasteiger partial charge >= 0.3 is 5.97 Å². The molecular formula is C20H34O3. The molecule has 0 bridgehead atoms. The summed E-state index contributed by atoms with van der Waals surface area (Å²) in [5.41, 5.74) is 0. The van der Waals surface area contributed by atoms with Crippen LogP contribution >= 0.6 is 0 Å². The summed E-state index contributed by atoms with van der Waals surface area (Å²) in [5.74, 6) is 1.02. The molecule has 3 nitrogen and oxygen atoms in total. The van der Waals surface area contributed by atoms with E-state index >= 15 is 0 Å². The van der Waals surface area contributed by atoms with Crippen molar-refractivity contribution in [1.29, 1.82) is 0 Å². The van der Waals surface area contributed by atoms with Crippen LogP contribution in [0, 0.1) is 11.8 Å². The molecule has 1 rings (SSSR count). The molecule has 1 aliphatic rings. The summed E-state index contributed by atoms with van der Waals surface area (Å²) in [6, 6.07) is 0. The van der Waals surface area contributed by atoms with Crippen molar-refractivity contribution >= 4 is 5.97 Å². The monoisotopic (exact) mass is 322 g/mol. The molecule has 1 aliphatic carbocycles. The van der Waals surface area contributed by atoms with Crippen LogP contribution in [0.4, 0.5) is 0 Å². The Morgan fingerprint density at radius 2 is 1.91 bits per heavy atom. The third-order valence-corrected chi connectivity index (χ3v) is 4.67. The molecule has 3 heteroatoms. The topological polar surface area (TPSA) is 57.5 Å². The van der Waals surface area contributed by atoms with E-state index in [1.807, 2.05) is 18.2 Å². The Morgan fingerprint density at radius 3 is 2.65 bits per heavy atom. The summed E-state index contributed by atoms with van der Waals surface area (Å²) in [6.45, 7) is 2.17. The zero-order valence-corrected chi connectivity index (χ0v) is 14.6. The Kier molecular flexibility index (Phi) is 10.7. The predicted molar refractivity (Wildman–Crippen MR) is 95.4 cm³/mol. The molecule has 0 aliphatic heterocycles. The Morgan fingerprint density at radius 1 is 1.13 bits per heavy atom. The number of carboxylic acids is 1. The lowest BCUT2D eigenvalue weighted by Gasteiger charge is -2.03. The SMILES string of the molecule is CCCCC[C@H](O)/C=C/C=C\CC[C@@H]1C[C@H]1CCCCC(=O)O. The van der Waals surface area contributed by atoms with Crippen LogP contribution in [0.2, 0.25) is 0 Å². The fraction of sp³-hybridized carbons (Fsp3) is 0.750. The molecule has 0 radical (unpaired) electrons. The third-order valence-electron chi connectivity index (χ3n) is 4.67. The van der Waals surface area contributed by atoms with Gasteiger partial charge in [0.1, 0.15) is 0 Å². The maximum absolute atomic E-state index is 10.4. The van der Waals surface area contributed by atoms with Gasteiger partial charge in [0.25, 0.3) is 0 Å². The standard InChI is InChI=1S/C20H34O3/c1-2-3-6-13-19(21)14-8-5-4-7-11-17-16-18(17)12-9-10-15-20(22)23/h4-5,8,14,17-19,21H,2-3,6-7,9-13,15-16H2,1H3,(H,22,23)/b5-4-,14-8+/t17-,18-,19+/m1/s1. The first-order valence-electron chi connectivity index (χ1n) is 9.36. The van der Waals surface area contributed by atoms with E-state index in [0.29, 0.717) is 6.42 Å². The Labute approximate surface area is 141 Å². The maximum atomic E-state index is 10.4. The second-order valence-corrected chi connectivity index (χ2v) is 6.85. The van der Waals surface area contributed by atoms with Gasteiger partial charge in [-0.25, -0.2) is 0 Å². The fourth-order valence-corrected chi connectivity index (χ4v) is 3.08. The molecule has 0 amide bonds. The first kappa shape index (κ1) is 20.0. The lowest BCUT2D eigenvalue weighted by atomic mass is 10.1. The van der Waals surface area contributed by atoms with Crippen molar-refractivity contribution in [3.8, 4) is 0 Å². The number of unbranched alkanes of at least 4 members (excludes halogenated alkanes) is 3. The molecular weight excluding hydrogens is 288 g/mol. The molecule has 0 heterocycles. The number of aliphatic hydroxyl groups is 1. The van der Waals surface area contributed by atoms with Crippen molar-refractivity contribution in [3.05, 3.63) is 24.3 Å². The molecule has 0 aromatic rings. The average molecular weight is 322 g/mol. The number of rotatable bonds is 14. The summed E-state index contributed by atoms with van der Waals surface area (Å²) >= 11 is 0. The van der Waals surface area contributed by atoms with Crippen LogP contribution in [-0.2, 0) is 4.79 Å². The van der Waals surface area contributed by atoms with E-state index in [-0.39, 0.29) is 6.10 Å². The second kappa shape index (κ2) is 12.3. The maximum Gasteiger partial charge on any atom is 0.303 e. The van der Waals surface area contributed by atoms with Crippen LogP contribution in [0.1, 0.15) is 77.6 Å². The van der Waals surface area contributed by atoms with Crippen molar-refractivity contribution in [1.82, 2.24) is 0 Å². The Balaban J connectivity index is 1.95. The fourth-order valence-electron chi connectivity index (χ4n) is 3.08. The number of allylic oxidation sites excluding steroid dienone is 3. The minimum absolute atomic E-state index is 0.301. The van der Waals surface area contributed by atoms with Crippen molar-refractivity contribution in [2.75, 3.05) is 0 Å². The summed E-state index contributed by atoms with van der Waals surface area (Å²) < 4.78 is 0. The van der Waals surface area contributed by atoms with Gasteiger partial charge < -0.3 is 10.2 Å². The van der Waals surface area contributed by atoms with Crippen LogP contribution in [0.5, 0.6) is 0 Å². The molecule has 0 aromatic heterocycles. The molecule has 0 aromatic carbocycles. The smallest absolute Gasteiger partial charge is 0.303 e. The highest BCUT2D eigenvalue weighted by Crippen LogP contribution is 2.45. The van der Waals surface area contributed by atoms with E-state index in [9.17, 15) is 9.90 Å². The van der Waals surface area contributed by atoms with Gasteiger partial charge in [-0.05, 0) is 43.9 Å². The quantitative estimate of drug-likeness (QED) is 0.345. The molecule has 2 N–H and O–H groups in total. The lowest BCUT2D eigenvalue weighted by molar-refractivity contribution is -0.137. The summed E-state index contributed by atoms with van der Waals surface area (Å²) in [4.78, 5) is 10.4. The third kappa shape index (κ3) is 11.1. The molecule has 1 saturated carbocycles. The van der Waals surface area contributed by atoms with E-state index in [1.54, 1.807) is 0 Å². The minimum Gasteiger partial charge on any atom is -0.481 e. The van der Waals surface area contributed by atoms with Gasteiger partial charge in [-0.1, -0.05) is 63.3 Å². The van der Waals surface area contributed by atoms with Crippen LogP contribution in [0.25, 0.3) is 0 Å². The highest BCUT2D eigenvalue weighted by Gasteiger charge is 2.34. The van der Waals surface area contributed by atoms with Crippen molar-refractivity contribution in [2.24, 2.45) is 11.8 Å². The largest absolute Gasteiger partial charge is 0.481 e. The lowest BCUT2D eigenvalue weighted by Crippen LogP contribution is -2.00. The van der Waals surface area contributed by atoms with Gasteiger partial charge in [0, 0.05) is 6.42 Å². The Hall–Kier alpha value is -1.09. The highest BCUT2D eigenvalue weighted by atomic mass is 16.4. The van der Waals surface area contributed by atoms with E-state index in [2.05, 4.69) is 13.0 Å². The highest BCUT2D eigenvalue weighted by molar-refractivity contribution is 5.66. The van der Waals surface area contributed by atoms with Crippen LogP contribution in [0.3, 0.4) is 0 Å². The van der Waals surface area contributed by atoms with Crippen molar-refractivity contribution in [2.45, 2.75) is 83.7 Å². The molecule has 132 valence electrons. The molecule has 3 atom stereocenters. The first-order valence-corrected chi connectivity index (χ1v) is 9.36. The summed E-state index contributed by atoms with van der Waals surface area (Å²) in [5, 5.41) is 18.3. The first-order chi connectivity index (χ1) is 11.1. The number of hydrogen-bond donors (Lipinski definition) is 2. The predicted octanol–water partition coefficient (Wildman–Crippen LogP) is 5.10. The normalized spacial score (nSPS) is 22.0. The molecule has 0 spiro atoms. The summed E-state index contributed by atoms with van der Waals surface area (Å²) in [7, 11) is 0. The van der Waals surface area contributed by atoms with Crippen LogP contribution in [-0.4, -0.2) is 22.3 Å². The molecule has 1 fully saturated rings. The van der Waals surface area contributed by atoms with Gasteiger partial charge in [0.15, 0.2) is 0 Å². The van der Waals surface area contributed by atoms with Gasteiger partial charge in [0.05, 0.1) is 6.10 Å². The molecule has 23 heavy (non-hydrogen) atoms. The van der Waals surface area contributed by atoms with E-state index in [4.69, 9.17) is 5.11 Å². The van der Waals surface area contributed by atoms with Gasteiger partial charge in [0.2, 0.25) is 0 Å². The second-order valence-electron chi connectivity index (χ2n) is 6.85. The number of aliphatic carboxylic acids is 1. The van der Waals surface area contributed by atoms with Gasteiger partial charge in [-0.2, -0.15) is 0 Å². The number of carboxylic acid groups (broad SMARTS) is 1. The zero-order chi connectivity index (χ0) is 16.9. The van der Waals surface area contributed by atoms with Gasteiger partial charge in [-0.3, -0.25) is 4.79 Å². The molecule has 0 unspecified atom stereocenters. The Bertz CT molecular complexity index is 373. The number of hydrogen-bond acceptors (Lipinski definition) is 2. The summed E-state index contributed by atoms with van der Waals surface area (Å²) in [6.07, 6.45) is 19.2. The average Bonchev–Trinajstić information content (AvgIpc) is 3.26. The molecule has 0 saturated heterocycles. The van der Waals surface area contributed by atoms with E-state index < -0.39 is 5.97 Å². The van der Waals surface area contributed by atoms with Crippen LogP contribution < -0.4 is 0 Å². The van der Waals surface area contributed by atoms with Gasteiger partial charge in [-0.15, -0.1) is 0 Å². The zero-order valence-electron chi connectivity index (χ0n) is 14.6.